The van der Waals surface area contributed by atoms with Gasteiger partial charge in [0.2, 0.25) is 0 Å². The molecule has 3 heterocycles. The summed E-state index contributed by atoms with van der Waals surface area (Å²) < 4.78 is 46.5. The Kier molecular flexibility index (Phi) is 13.6. The van der Waals surface area contributed by atoms with Crippen LogP contribution in [0.5, 0.6) is 17.2 Å². The van der Waals surface area contributed by atoms with Gasteiger partial charge in [-0.3, -0.25) is 10.1 Å². The Bertz CT molecular complexity index is 2230. The highest BCUT2D eigenvalue weighted by molar-refractivity contribution is 6.31. The van der Waals surface area contributed by atoms with E-state index in [4.69, 9.17) is 40.4 Å². The van der Waals surface area contributed by atoms with Gasteiger partial charge in [-0.15, -0.1) is 0 Å². The minimum Gasteiger partial charge on any atom is -0.497 e. The second-order valence-electron chi connectivity index (χ2n) is 14.8. The molecule has 302 valence electrons. The highest BCUT2D eigenvalue weighted by Crippen LogP contribution is 2.29. The lowest BCUT2D eigenvalue weighted by Gasteiger charge is -2.22. The van der Waals surface area contributed by atoms with E-state index in [2.05, 4.69) is 10.6 Å². The molecule has 1 saturated heterocycles. The summed E-state index contributed by atoms with van der Waals surface area (Å²) in [6.45, 7) is 9.60. The predicted molar refractivity (Wildman–Crippen MR) is 216 cm³/mol. The van der Waals surface area contributed by atoms with E-state index < -0.39 is 17.4 Å². The van der Waals surface area contributed by atoms with Crippen molar-refractivity contribution in [2.45, 2.75) is 78.4 Å². The Balaban J connectivity index is 1.11. The molecule has 0 radical (unpaired) electrons. The van der Waals surface area contributed by atoms with Gasteiger partial charge in [-0.25, -0.2) is 13.9 Å². The van der Waals surface area contributed by atoms with Gasteiger partial charge in [-0.2, -0.15) is 5.10 Å². The van der Waals surface area contributed by atoms with Crippen LogP contribution < -0.4 is 30.4 Å². The number of nitrogens with one attached hydrogen (secondary N) is 2. The number of methoxy groups -OCH3 is 1. The maximum atomic E-state index is 14.5. The number of rotatable bonds is 15. The van der Waals surface area contributed by atoms with E-state index >= 15 is 0 Å². The average molecular weight is 802 g/mol. The number of amides is 2. The lowest BCUT2D eigenvalue weighted by Crippen LogP contribution is -2.29. The van der Waals surface area contributed by atoms with Crippen molar-refractivity contribution in [3.63, 3.8) is 0 Å². The Hall–Kier alpha value is -5.37. The van der Waals surface area contributed by atoms with Gasteiger partial charge >= 0.3 is 6.03 Å². The summed E-state index contributed by atoms with van der Waals surface area (Å²) in [5.74, 6) is 1.45. The van der Waals surface area contributed by atoms with E-state index in [0.29, 0.717) is 66.2 Å². The number of carbonyl (C=O) groups excluding carboxylic acids is 1. The van der Waals surface area contributed by atoms with Crippen LogP contribution in [0.2, 0.25) is 5.02 Å². The maximum Gasteiger partial charge on any atom is 0.320 e. The number of benzene rings is 3. The van der Waals surface area contributed by atoms with Crippen LogP contribution in [0.1, 0.15) is 68.1 Å². The lowest BCUT2D eigenvalue weighted by molar-refractivity contribution is -0.165. The molecule has 1 atom stereocenters. The van der Waals surface area contributed by atoms with Crippen molar-refractivity contribution in [2.75, 3.05) is 32.2 Å². The fraction of sp³-hybridized carbons (Fsp3) is 0.372. The Labute approximate surface area is 336 Å². The number of aryl methyl sites for hydroxylation is 1. The van der Waals surface area contributed by atoms with Crippen molar-refractivity contribution < 1.29 is 32.9 Å². The Morgan fingerprint density at radius 1 is 0.982 bits per heavy atom. The van der Waals surface area contributed by atoms with Crippen molar-refractivity contribution >= 4 is 23.4 Å². The van der Waals surface area contributed by atoms with Crippen molar-refractivity contribution in [2.24, 2.45) is 0 Å². The predicted octanol–water partition coefficient (Wildman–Crippen LogP) is 8.31. The van der Waals surface area contributed by atoms with Crippen LogP contribution in [0.4, 0.5) is 15.0 Å². The van der Waals surface area contributed by atoms with E-state index in [1.165, 1.54) is 12.1 Å². The number of nitrogens with zero attached hydrogens (tertiary/aromatic N) is 3. The van der Waals surface area contributed by atoms with Gasteiger partial charge in [-0.05, 0) is 79.3 Å². The molecule has 2 N–H and O–H groups in total. The van der Waals surface area contributed by atoms with Crippen LogP contribution in [0.25, 0.3) is 5.69 Å². The summed E-state index contributed by atoms with van der Waals surface area (Å²) in [4.78, 5) is 26.7. The summed E-state index contributed by atoms with van der Waals surface area (Å²) in [6, 6.07) is 22.1. The van der Waals surface area contributed by atoms with Crippen LogP contribution in [0, 0.1) is 12.7 Å². The van der Waals surface area contributed by atoms with Crippen molar-refractivity contribution in [1.82, 2.24) is 19.7 Å². The topological polar surface area (TPSA) is 127 Å². The minimum absolute atomic E-state index is 0.0191. The molecule has 6 rings (SSSR count). The number of hydrogen-bond donors (Lipinski definition) is 2. The van der Waals surface area contributed by atoms with Crippen LogP contribution in [0.15, 0.2) is 83.7 Å². The molecular formula is C43H49ClFN5O7. The second kappa shape index (κ2) is 18.7. The van der Waals surface area contributed by atoms with Gasteiger partial charge in [0.15, 0.2) is 6.29 Å². The quantitative estimate of drug-likeness (QED) is 0.101. The Morgan fingerprint density at radius 3 is 2.56 bits per heavy atom. The third kappa shape index (κ3) is 10.9. The Morgan fingerprint density at radius 2 is 1.79 bits per heavy atom. The van der Waals surface area contributed by atoms with Gasteiger partial charge < -0.3 is 33.6 Å². The molecule has 0 spiro atoms. The summed E-state index contributed by atoms with van der Waals surface area (Å²) in [6.07, 6.45) is 2.84. The monoisotopic (exact) mass is 801 g/mol. The summed E-state index contributed by atoms with van der Waals surface area (Å²) in [5.41, 5.74) is 3.31. The molecule has 0 aliphatic carbocycles. The second-order valence-corrected chi connectivity index (χ2v) is 15.2. The molecule has 14 heteroatoms. The van der Waals surface area contributed by atoms with Gasteiger partial charge in [-0.1, -0.05) is 56.6 Å². The number of urea groups is 1. The first-order chi connectivity index (χ1) is 27.4. The summed E-state index contributed by atoms with van der Waals surface area (Å²) in [7, 11) is 1.58. The molecule has 5 aromatic rings. The number of carbonyl (C=O) groups is 1. The van der Waals surface area contributed by atoms with E-state index in [0.717, 1.165) is 30.5 Å². The van der Waals surface area contributed by atoms with Gasteiger partial charge in [0.25, 0.3) is 5.56 Å². The van der Waals surface area contributed by atoms with Crippen molar-refractivity contribution in [3.05, 3.63) is 128 Å². The molecule has 2 aromatic heterocycles. The van der Waals surface area contributed by atoms with Crippen LogP contribution >= 0.6 is 11.6 Å². The van der Waals surface area contributed by atoms with Gasteiger partial charge in [0, 0.05) is 42.5 Å². The molecule has 1 unspecified atom stereocenters. The normalized spacial score (nSPS) is 14.3. The number of pyridine rings is 1. The fourth-order valence-electron chi connectivity index (χ4n) is 6.28. The first-order valence-corrected chi connectivity index (χ1v) is 19.3. The number of hydrogen-bond acceptors (Lipinski definition) is 8. The van der Waals surface area contributed by atoms with E-state index in [1.807, 2.05) is 75.4 Å². The van der Waals surface area contributed by atoms with Crippen LogP contribution in [0.3, 0.4) is 0 Å². The molecule has 0 saturated carbocycles. The number of halogens is 2. The first kappa shape index (κ1) is 41.3. The zero-order chi connectivity index (χ0) is 40.5. The summed E-state index contributed by atoms with van der Waals surface area (Å²) >= 11 is 6.53. The van der Waals surface area contributed by atoms with Crippen LogP contribution in [-0.4, -0.2) is 53.6 Å². The third-order valence-electron chi connectivity index (χ3n) is 9.46. The SMILES string of the molecule is COc1cccc(Cn2c(C)cc(OCc3ccc(F)cc3CNC(=O)Nc3cc(C(C)(C)C)nn3-c3cccc(OCCOC4CCCCO4)c3)c(Cl)c2=O)c1. The smallest absolute Gasteiger partial charge is 0.320 e. The fourth-order valence-corrected chi connectivity index (χ4v) is 6.49. The van der Waals surface area contributed by atoms with Gasteiger partial charge in [0.05, 0.1) is 31.6 Å². The zero-order valence-electron chi connectivity index (χ0n) is 32.9. The van der Waals surface area contributed by atoms with Crippen molar-refractivity contribution in [3.8, 4) is 22.9 Å². The van der Waals surface area contributed by atoms with Crippen molar-refractivity contribution in [1.29, 1.82) is 0 Å². The largest absolute Gasteiger partial charge is 0.497 e. The highest BCUT2D eigenvalue weighted by atomic mass is 35.5. The van der Waals surface area contributed by atoms with Crippen LogP contribution in [-0.2, 0) is 34.6 Å². The molecule has 0 bridgehead atoms. The number of aromatic nitrogens is 3. The van der Waals surface area contributed by atoms with E-state index in [-0.39, 0.29) is 35.6 Å². The van der Waals surface area contributed by atoms with Gasteiger partial charge in [0.1, 0.15) is 47.1 Å². The molecule has 3 aromatic carbocycles. The molecule has 1 fully saturated rings. The number of ether oxygens (including phenoxy) is 5. The molecular weight excluding hydrogens is 753 g/mol. The number of anilines is 1. The maximum absolute atomic E-state index is 14.5. The van der Waals surface area contributed by atoms with E-state index in [9.17, 15) is 14.0 Å². The first-order valence-electron chi connectivity index (χ1n) is 18.9. The third-order valence-corrected chi connectivity index (χ3v) is 9.80. The highest BCUT2D eigenvalue weighted by Gasteiger charge is 2.22. The standard InChI is InChI=1S/C43H49ClFN5O7/c1-28-20-36(40(44)41(51)49(28)26-29-10-8-12-34(21-29)53-5)57-27-30-15-16-32(45)22-31(30)25-46-42(52)47-38-24-37(43(2,3)4)48-50(38)33-11-9-13-35(23-33)54-18-19-56-39-14-6-7-17-55-39/h8-13,15-16,20-24,39H,6-7,14,17-19,25-27H2,1-5H3,(H2,46,47,52). The minimum atomic E-state index is -0.527. The molecule has 1 aliphatic heterocycles. The van der Waals surface area contributed by atoms with E-state index in [1.54, 1.807) is 35.4 Å². The summed E-state index contributed by atoms with van der Waals surface area (Å²) in [5, 5.41) is 10.5. The molecule has 2 amide bonds. The zero-order valence-corrected chi connectivity index (χ0v) is 33.7. The average Bonchev–Trinajstić information content (AvgIpc) is 3.64. The lowest BCUT2D eigenvalue weighted by atomic mass is 9.92. The molecule has 1 aliphatic rings. The molecule has 12 nitrogen and oxygen atoms in total. The molecule has 57 heavy (non-hydrogen) atoms.